The van der Waals surface area contributed by atoms with Crippen molar-refractivity contribution in [2.24, 2.45) is 5.73 Å². The molecule has 20 heavy (non-hydrogen) atoms. The molecule has 0 amide bonds. The van der Waals surface area contributed by atoms with Crippen molar-refractivity contribution in [1.29, 1.82) is 0 Å². The number of benzene rings is 2. The van der Waals surface area contributed by atoms with Gasteiger partial charge >= 0.3 is 6.61 Å². The summed E-state index contributed by atoms with van der Waals surface area (Å²) in [4.78, 5) is 0. The molecule has 106 valence electrons. The number of hydrogen-bond donors (Lipinski definition) is 1. The molecular weight excluding hydrogens is 307 g/mol. The third-order valence-electron chi connectivity index (χ3n) is 2.78. The van der Waals surface area contributed by atoms with E-state index in [0.29, 0.717) is 15.6 Å². The Morgan fingerprint density at radius 1 is 1.00 bits per heavy atom. The second-order valence-electron chi connectivity index (χ2n) is 4.07. The normalized spacial score (nSPS) is 12.5. The number of ether oxygens (including phenoxy) is 1. The van der Waals surface area contributed by atoms with Crippen LogP contribution >= 0.6 is 23.2 Å². The molecule has 0 heterocycles. The molecule has 0 aliphatic heterocycles. The smallest absolute Gasteiger partial charge is 0.387 e. The summed E-state index contributed by atoms with van der Waals surface area (Å²) in [5.41, 5.74) is 7.49. The molecular formula is C14H11Cl2F2NO. The summed E-state index contributed by atoms with van der Waals surface area (Å²) >= 11 is 12.0. The van der Waals surface area contributed by atoms with E-state index in [1.807, 2.05) is 0 Å². The number of halogens is 4. The van der Waals surface area contributed by atoms with Gasteiger partial charge in [0.2, 0.25) is 0 Å². The van der Waals surface area contributed by atoms with Gasteiger partial charge in [-0.05, 0) is 29.3 Å². The summed E-state index contributed by atoms with van der Waals surface area (Å²) in [7, 11) is 0. The fraction of sp³-hybridized carbons (Fsp3) is 0.143. The first-order valence-electron chi connectivity index (χ1n) is 5.73. The number of nitrogens with two attached hydrogens (primary N) is 1. The highest BCUT2D eigenvalue weighted by atomic mass is 35.5. The van der Waals surface area contributed by atoms with E-state index in [-0.39, 0.29) is 5.75 Å². The molecule has 0 aliphatic carbocycles. The van der Waals surface area contributed by atoms with E-state index in [9.17, 15) is 8.78 Å². The summed E-state index contributed by atoms with van der Waals surface area (Å²) in [5.74, 6) is 0.0770. The van der Waals surface area contributed by atoms with Gasteiger partial charge < -0.3 is 10.5 Å². The van der Waals surface area contributed by atoms with Crippen molar-refractivity contribution in [3.8, 4) is 5.75 Å². The Bertz CT molecular complexity index is 590. The maximum absolute atomic E-state index is 12.1. The zero-order valence-corrected chi connectivity index (χ0v) is 11.7. The van der Waals surface area contributed by atoms with E-state index >= 15 is 0 Å². The van der Waals surface area contributed by atoms with Gasteiger partial charge in [-0.3, -0.25) is 0 Å². The molecule has 1 unspecified atom stereocenters. The lowest BCUT2D eigenvalue weighted by molar-refractivity contribution is -0.0498. The van der Waals surface area contributed by atoms with Gasteiger partial charge in [-0.1, -0.05) is 47.5 Å². The highest BCUT2D eigenvalue weighted by Gasteiger charge is 2.14. The minimum atomic E-state index is -2.85. The molecule has 2 aromatic carbocycles. The summed E-state index contributed by atoms with van der Waals surface area (Å²) in [5, 5.41) is 0.798. The predicted molar refractivity (Wildman–Crippen MR) is 75.6 cm³/mol. The average molecular weight is 318 g/mol. The van der Waals surface area contributed by atoms with E-state index in [1.165, 1.54) is 12.1 Å². The Labute approximate surface area is 125 Å². The Kier molecular flexibility index (Phi) is 4.81. The van der Waals surface area contributed by atoms with Crippen molar-refractivity contribution in [3.63, 3.8) is 0 Å². The van der Waals surface area contributed by atoms with Gasteiger partial charge in [0, 0.05) is 0 Å². The Balaban J connectivity index is 2.25. The van der Waals surface area contributed by atoms with Crippen LogP contribution in [0.5, 0.6) is 5.75 Å². The van der Waals surface area contributed by atoms with Gasteiger partial charge in [-0.25, -0.2) is 0 Å². The molecule has 2 aromatic rings. The zero-order chi connectivity index (χ0) is 14.7. The topological polar surface area (TPSA) is 35.2 Å². The molecule has 2 nitrogen and oxygen atoms in total. The molecule has 1 atom stereocenters. The van der Waals surface area contributed by atoms with Crippen LogP contribution in [0.15, 0.2) is 42.5 Å². The lowest BCUT2D eigenvalue weighted by Crippen LogP contribution is -2.12. The summed E-state index contributed by atoms with van der Waals surface area (Å²) in [6, 6.07) is 10.8. The van der Waals surface area contributed by atoms with Crippen LogP contribution < -0.4 is 10.5 Å². The van der Waals surface area contributed by atoms with Crippen molar-refractivity contribution in [2.75, 3.05) is 0 Å². The van der Waals surface area contributed by atoms with Crippen LogP contribution in [0, 0.1) is 0 Å². The fourth-order valence-corrected chi connectivity index (χ4v) is 2.22. The predicted octanol–water partition coefficient (Wildman–Crippen LogP) is 4.64. The van der Waals surface area contributed by atoms with E-state index in [2.05, 4.69) is 4.74 Å². The van der Waals surface area contributed by atoms with Crippen LogP contribution in [-0.2, 0) is 0 Å². The molecule has 0 saturated carbocycles. The standard InChI is InChI=1S/C14H11Cl2F2NO/c15-11-3-1-2-10(12(11)16)13(19)8-4-6-9(7-5-8)20-14(17)18/h1-7,13-14H,19H2. The fourth-order valence-electron chi connectivity index (χ4n) is 1.80. The highest BCUT2D eigenvalue weighted by molar-refractivity contribution is 6.42. The van der Waals surface area contributed by atoms with E-state index in [1.54, 1.807) is 30.3 Å². The third-order valence-corrected chi connectivity index (χ3v) is 3.61. The first kappa shape index (κ1) is 15.0. The largest absolute Gasteiger partial charge is 0.435 e. The zero-order valence-electron chi connectivity index (χ0n) is 10.2. The monoisotopic (exact) mass is 317 g/mol. The first-order valence-corrected chi connectivity index (χ1v) is 6.49. The van der Waals surface area contributed by atoms with Crippen molar-refractivity contribution >= 4 is 23.2 Å². The first-order chi connectivity index (χ1) is 9.49. The molecule has 2 rings (SSSR count). The minimum Gasteiger partial charge on any atom is -0.435 e. The Morgan fingerprint density at radius 3 is 2.25 bits per heavy atom. The van der Waals surface area contributed by atoms with Gasteiger partial charge in [0.25, 0.3) is 0 Å². The van der Waals surface area contributed by atoms with Crippen LogP contribution in [-0.4, -0.2) is 6.61 Å². The Morgan fingerprint density at radius 2 is 1.65 bits per heavy atom. The SMILES string of the molecule is NC(c1ccc(OC(F)F)cc1)c1cccc(Cl)c1Cl. The third kappa shape index (κ3) is 3.39. The molecule has 0 aromatic heterocycles. The van der Waals surface area contributed by atoms with Crippen LogP contribution in [0.4, 0.5) is 8.78 Å². The molecule has 0 bridgehead atoms. The summed E-state index contributed by atoms with van der Waals surface area (Å²) in [6.07, 6.45) is 0. The van der Waals surface area contributed by atoms with Gasteiger partial charge in [0.05, 0.1) is 16.1 Å². The highest BCUT2D eigenvalue weighted by Crippen LogP contribution is 2.32. The van der Waals surface area contributed by atoms with Crippen molar-refractivity contribution in [1.82, 2.24) is 0 Å². The lowest BCUT2D eigenvalue weighted by Gasteiger charge is -2.15. The Hall–Kier alpha value is -1.36. The van der Waals surface area contributed by atoms with Crippen LogP contribution in [0.3, 0.4) is 0 Å². The number of alkyl halides is 2. The molecule has 6 heteroatoms. The van der Waals surface area contributed by atoms with E-state index < -0.39 is 12.7 Å². The molecule has 0 radical (unpaired) electrons. The van der Waals surface area contributed by atoms with Gasteiger partial charge in [0.1, 0.15) is 5.75 Å². The van der Waals surface area contributed by atoms with Crippen LogP contribution in [0.2, 0.25) is 10.0 Å². The molecule has 0 aliphatic rings. The van der Waals surface area contributed by atoms with Crippen LogP contribution in [0.1, 0.15) is 17.2 Å². The van der Waals surface area contributed by atoms with Gasteiger partial charge in [-0.2, -0.15) is 8.78 Å². The molecule has 0 saturated heterocycles. The summed E-state index contributed by atoms with van der Waals surface area (Å²) in [6.45, 7) is -2.85. The van der Waals surface area contributed by atoms with Crippen molar-refractivity contribution in [3.05, 3.63) is 63.6 Å². The second kappa shape index (κ2) is 6.39. The van der Waals surface area contributed by atoms with Gasteiger partial charge in [0.15, 0.2) is 0 Å². The number of hydrogen-bond acceptors (Lipinski definition) is 2. The maximum Gasteiger partial charge on any atom is 0.387 e. The summed E-state index contributed by atoms with van der Waals surface area (Å²) < 4.78 is 28.4. The lowest BCUT2D eigenvalue weighted by atomic mass is 9.99. The molecule has 2 N–H and O–H groups in total. The number of rotatable bonds is 4. The van der Waals surface area contributed by atoms with Crippen molar-refractivity contribution in [2.45, 2.75) is 12.7 Å². The van der Waals surface area contributed by atoms with E-state index in [4.69, 9.17) is 28.9 Å². The van der Waals surface area contributed by atoms with Crippen molar-refractivity contribution < 1.29 is 13.5 Å². The quantitative estimate of drug-likeness (QED) is 0.891. The molecule has 0 spiro atoms. The second-order valence-corrected chi connectivity index (χ2v) is 4.85. The van der Waals surface area contributed by atoms with Gasteiger partial charge in [-0.15, -0.1) is 0 Å². The average Bonchev–Trinajstić information content (AvgIpc) is 2.41. The minimum absolute atomic E-state index is 0.0770. The van der Waals surface area contributed by atoms with Crippen LogP contribution in [0.25, 0.3) is 0 Å². The van der Waals surface area contributed by atoms with E-state index in [0.717, 1.165) is 5.56 Å². The maximum atomic E-state index is 12.1. The molecule has 0 fully saturated rings.